The summed E-state index contributed by atoms with van der Waals surface area (Å²) in [5, 5.41) is 7.86. The molecule has 16 rings (SSSR count). The molecule has 0 bridgehead atoms. The minimum atomic E-state index is 0.573. The van der Waals surface area contributed by atoms with Crippen LogP contribution in [0.5, 0.6) is 0 Å². The van der Waals surface area contributed by atoms with Crippen molar-refractivity contribution in [3.05, 3.63) is 326 Å². The minimum absolute atomic E-state index is 0.573. The second-order valence-corrected chi connectivity index (χ2v) is 31.4. The molecule has 0 aliphatic rings. The predicted molar refractivity (Wildman–Crippen MR) is 502 cm³/mol. The second-order valence-electron chi connectivity index (χ2n) is 22.1. The van der Waals surface area contributed by atoms with Crippen LogP contribution in [0.4, 0.5) is 0 Å². The van der Waals surface area contributed by atoms with E-state index in [-0.39, 0.29) is 0 Å². The summed E-state index contributed by atoms with van der Waals surface area (Å²) in [6.45, 7) is 7.68. The predicted octanol–water partition coefficient (Wildman–Crippen LogP) is 31.7. The van der Waals surface area contributed by atoms with Gasteiger partial charge in [0, 0.05) is 51.0 Å². The molecule has 514 valence electrons. The number of rotatable bonds is 3. The quantitative estimate of drug-likeness (QED) is 0.0663. The van der Waals surface area contributed by atoms with Crippen LogP contribution < -0.4 is 0 Å². The molecule has 0 radical (unpaired) electrons. The van der Waals surface area contributed by atoms with E-state index in [1.54, 1.807) is 0 Å². The van der Waals surface area contributed by atoms with Crippen molar-refractivity contribution in [3.8, 4) is 33.4 Å². The van der Waals surface area contributed by atoms with Crippen molar-refractivity contribution < 1.29 is 0 Å². The number of hydrogen-bond donors (Lipinski definition) is 7. The van der Waals surface area contributed by atoms with E-state index < -0.39 is 0 Å². The van der Waals surface area contributed by atoms with Gasteiger partial charge < -0.3 is 0 Å². The molecule has 0 amide bonds. The van der Waals surface area contributed by atoms with Crippen LogP contribution in [0.2, 0.25) is 0 Å². The Balaban J connectivity index is 0.000000161. The van der Waals surface area contributed by atoms with Crippen LogP contribution in [0.3, 0.4) is 0 Å². The van der Waals surface area contributed by atoms with Crippen LogP contribution in [-0.2, 0) is 0 Å². The third-order valence-electron chi connectivity index (χ3n) is 15.4. The second kappa shape index (κ2) is 41.3. The molecule has 0 nitrogen and oxygen atoms in total. The lowest BCUT2D eigenvalue weighted by Crippen LogP contribution is -1.88. The van der Waals surface area contributed by atoms with Gasteiger partial charge in [-0.15, -0.1) is 88.4 Å². The Morgan fingerprint density at radius 2 is 0.301 bits per heavy atom. The Morgan fingerprint density at radius 1 is 0.155 bits per heavy atom. The fraction of sp³-hybridized carbons (Fsp3) is 0.0494. The molecule has 0 spiro atoms. The summed E-state index contributed by atoms with van der Waals surface area (Å²) in [5.74, 6) is 0. The Hall–Kier alpha value is -4.26. The third kappa shape index (κ3) is 22.9. The standard InChI is InChI=1S/C11H6S4.C10H6S3.3C10H8.C9H6S2.2C6H4S4.C5H4S3.C4H4S2/c12-8-7(6-4-2-1-3-5-6)9(13)11(15)10(8)14;11-8-7(9(12)10(8)13)6-4-2-1-3-5-6;3*1-2-6-10-8-4-3-7-9(10)5-1;10-8-7(9(8)11)6-4-2-1-3-5-6;2*1-2-3(7)5(9)6(10)4(2)8;1-2-3(6)5(8)4(2)7;1-2-3(5)4(2)6/h1-5,12H;1-5,11H;3*1-8H;1-5,10H;2*7H,1H3;6H,1H3;5H,1H3. The first-order chi connectivity index (χ1) is 49.0. The maximum Gasteiger partial charge on any atom is 0.0756 e. The third-order valence-corrected chi connectivity index (χ3v) is 27.6. The number of fused-ring (bicyclic) bond motifs is 3. The monoisotopic (exact) mass is 1730 g/mol. The van der Waals surface area contributed by atoms with Gasteiger partial charge in [0.05, 0.1) is 67.7 Å². The zero-order chi connectivity index (χ0) is 75.5. The minimum Gasteiger partial charge on any atom is -0.142 e. The highest BCUT2D eigenvalue weighted by atomic mass is 32.1. The zero-order valence-electron chi connectivity index (χ0n) is 54.8. The Kier molecular flexibility index (Phi) is 34.5. The molecule has 0 atom stereocenters. The van der Waals surface area contributed by atoms with Gasteiger partial charge in [0.1, 0.15) is 0 Å². The van der Waals surface area contributed by atoms with E-state index in [1.807, 2.05) is 119 Å². The van der Waals surface area contributed by atoms with Crippen molar-refractivity contribution in [2.45, 2.75) is 62.0 Å². The van der Waals surface area contributed by atoms with Gasteiger partial charge in [-0.3, -0.25) is 0 Å². The molecular weight excluding hydrogens is 1680 g/mol. The molecule has 0 aliphatic heterocycles. The SMILES string of the molecule is Cc1c(S)c(=S)c(=S)c1=S.Cc1c(S)c(=S)c(=S)c1=S.Cc1c(S)c(=S)c1=S.Cc1c(S)c1=S.S=c1c(S)c(-c2ccccc2)c(=S)c1=S.S=c1c(S)c(-c2ccccc2)c1=S.S=c1c(S)c1-c1ccccc1.c1ccc2ccccc2c1.c1ccc2ccccc2c1.c1ccc2ccccc2c1. The summed E-state index contributed by atoms with van der Waals surface area (Å²) in [5.41, 5.74) is 10.5. The summed E-state index contributed by atoms with van der Waals surface area (Å²) in [6.07, 6.45) is 0. The van der Waals surface area contributed by atoms with Crippen molar-refractivity contribution >= 4 is 304 Å². The van der Waals surface area contributed by atoms with Gasteiger partial charge in [-0.05, 0) is 99.0 Å². The average Bonchev–Trinajstić information content (AvgIpc) is 1.71. The zero-order valence-corrected chi connectivity index (χ0v) is 73.3. The Bertz CT molecular complexity index is 5740. The van der Waals surface area contributed by atoms with Crippen molar-refractivity contribution in [2.75, 3.05) is 0 Å². The highest BCUT2D eigenvalue weighted by Crippen LogP contribution is 2.39. The summed E-state index contributed by atoms with van der Waals surface area (Å²) < 4.78 is 10.6. The van der Waals surface area contributed by atoms with E-state index in [1.165, 1.54) is 43.4 Å². The van der Waals surface area contributed by atoms with E-state index in [2.05, 4.69) is 234 Å². The molecule has 0 fully saturated rings. The maximum atomic E-state index is 5.26. The van der Waals surface area contributed by atoms with Crippen LogP contribution in [-0.4, -0.2) is 0 Å². The molecule has 0 saturated carbocycles. The van der Waals surface area contributed by atoms with Gasteiger partial charge >= 0.3 is 0 Å². The highest BCUT2D eigenvalue weighted by molar-refractivity contribution is 7.83. The van der Waals surface area contributed by atoms with Crippen LogP contribution in [0.25, 0.3) is 65.7 Å². The first-order valence-corrected chi connectivity index (χ1v) is 39.8. The van der Waals surface area contributed by atoms with Crippen molar-refractivity contribution in [1.29, 1.82) is 0 Å². The van der Waals surface area contributed by atoms with Crippen LogP contribution in [0.15, 0.2) is 271 Å². The number of thiol groups is 7. The van der Waals surface area contributed by atoms with Gasteiger partial charge in [-0.25, -0.2) is 0 Å². The smallest absolute Gasteiger partial charge is 0.0756 e. The van der Waals surface area contributed by atoms with Crippen LogP contribution in [0.1, 0.15) is 22.3 Å². The first-order valence-electron chi connectivity index (χ1n) is 30.6. The Morgan fingerprint density at radius 3 is 0.437 bits per heavy atom. The lowest BCUT2D eigenvalue weighted by atomic mass is 10.0. The fourth-order valence-corrected chi connectivity index (χ4v) is 15.8. The van der Waals surface area contributed by atoms with Gasteiger partial charge in [0.25, 0.3) is 0 Å². The molecule has 0 heterocycles. The Labute approximate surface area is 716 Å². The molecule has 103 heavy (non-hydrogen) atoms. The fourth-order valence-electron chi connectivity index (χ4n) is 9.16. The van der Waals surface area contributed by atoms with E-state index >= 15 is 0 Å². The van der Waals surface area contributed by atoms with E-state index in [9.17, 15) is 0 Å². The molecule has 0 N–H and O–H groups in total. The number of benzene rings is 9. The maximum absolute atomic E-state index is 5.26. The lowest BCUT2D eigenvalue weighted by Gasteiger charge is -2.09. The van der Waals surface area contributed by atoms with E-state index in [4.69, 9.17) is 183 Å². The summed E-state index contributed by atoms with van der Waals surface area (Å²) in [7, 11) is 0. The van der Waals surface area contributed by atoms with Crippen molar-refractivity contribution in [1.82, 2.24) is 0 Å². The largest absolute Gasteiger partial charge is 0.142 e. The van der Waals surface area contributed by atoms with Crippen LogP contribution in [0, 0.1) is 95.3 Å². The molecule has 16 aromatic carbocycles. The summed E-state index contributed by atoms with van der Waals surface area (Å²) in [4.78, 5) is 6.01. The lowest BCUT2D eigenvalue weighted by molar-refractivity contribution is 1.21. The van der Waals surface area contributed by atoms with Gasteiger partial charge in [-0.2, -0.15) is 0 Å². The normalized spacial score (nSPS) is 10.3. The van der Waals surface area contributed by atoms with Crippen LogP contribution >= 0.6 is 272 Å². The molecular formula is C81H58S22. The van der Waals surface area contributed by atoms with E-state index in [0.717, 1.165) is 106 Å². The van der Waals surface area contributed by atoms with Crippen molar-refractivity contribution in [2.24, 2.45) is 0 Å². The van der Waals surface area contributed by atoms with Crippen molar-refractivity contribution in [3.63, 3.8) is 0 Å². The summed E-state index contributed by atoms with van der Waals surface area (Å²) in [6, 6.07) is 80.0. The molecule has 0 aromatic heterocycles. The molecule has 22 heteroatoms. The molecule has 16 aromatic rings. The topological polar surface area (TPSA) is 0 Å². The van der Waals surface area contributed by atoms with Gasteiger partial charge in [0.2, 0.25) is 0 Å². The first kappa shape index (κ1) is 86.0. The number of hydrogen-bond acceptors (Lipinski definition) is 22. The summed E-state index contributed by atoms with van der Waals surface area (Å²) >= 11 is 104. The molecule has 0 unspecified atom stereocenters. The molecule has 0 saturated heterocycles. The van der Waals surface area contributed by atoms with Gasteiger partial charge in [0.15, 0.2) is 0 Å². The highest BCUT2D eigenvalue weighted by Gasteiger charge is 2.16. The average molecular weight is 1740 g/mol. The van der Waals surface area contributed by atoms with Gasteiger partial charge in [-0.1, -0.05) is 420 Å². The van der Waals surface area contributed by atoms with E-state index in [0.29, 0.717) is 40.6 Å². The molecule has 0 aliphatic carbocycles.